The second-order valence-corrected chi connectivity index (χ2v) is 5.38. The molecule has 4 nitrogen and oxygen atoms in total. The van der Waals surface area contributed by atoms with Crippen LogP contribution >= 0.6 is 0 Å². The van der Waals surface area contributed by atoms with Crippen LogP contribution in [0.3, 0.4) is 0 Å². The zero-order valence-electron chi connectivity index (χ0n) is 12.4. The van der Waals surface area contributed by atoms with Crippen LogP contribution in [0, 0.1) is 11.6 Å². The van der Waals surface area contributed by atoms with Crippen molar-refractivity contribution >= 4 is 6.03 Å². The maximum Gasteiger partial charge on any atom is 0.315 e. The summed E-state index contributed by atoms with van der Waals surface area (Å²) in [5.41, 5.74) is -0.185. The summed E-state index contributed by atoms with van der Waals surface area (Å²) < 4.78 is 26.0. The molecule has 0 spiro atoms. The van der Waals surface area contributed by atoms with E-state index in [1.807, 2.05) is 6.92 Å². The first-order valence-corrected chi connectivity index (χ1v) is 7.00. The van der Waals surface area contributed by atoms with E-state index in [1.54, 1.807) is 6.92 Å². The monoisotopic (exact) mass is 300 g/mol. The number of aliphatic hydroxyl groups is 1. The minimum atomic E-state index is -0.663. The fourth-order valence-electron chi connectivity index (χ4n) is 2.13. The largest absolute Gasteiger partial charge is 0.394 e. The van der Waals surface area contributed by atoms with Gasteiger partial charge in [-0.1, -0.05) is 13.3 Å². The molecule has 0 aliphatic carbocycles. The zero-order chi connectivity index (χ0) is 15.9. The molecule has 1 aromatic rings. The molecule has 1 unspecified atom stereocenters. The van der Waals surface area contributed by atoms with E-state index >= 15 is 0 Å². The average Bonchev–Trinajstić information content (AvgIpc) is 2.37. The highest BCUT2D eigenvalue weighted by atomic mass is 19.1. The van der Waals surface area contributed by atoms with Gasteiger partial charge in [0.05, 0.1) is 12.1 Å². The molecule has 3 N–H and O–H groups in total. The molecule has 1 atom stereocenters. The molecule has 6 heteroatoms. The van der Waals surface area contributed by atoms with Gasteiger partial charge >= 0.3 is 6.03 Å². The van der Waals surface area contributed by atoms with Crippen molar-refractivity contribution in [1.82, 2.24) is 10.6 Å². The fraction of sp³-hybridized carbons (Fsp3) is 0.533. The molecule has 0 aliphatic heterocycles. The summed E-state index contributed by atoms with van der Waals surface area (Å²) in [7, 11) is 0. The molecule has 1 rings (SSSR count). The number of carbonyl (C=O) groups excluding carboxylic acids is 1. The fourth-order valence-corrected chi connectivity index (χ4v) is 2.13. The first-order chi connectivity index (χ1) is 9.88. The summed E-state index contributed by atoms with van der Waals surface area (Å²) in [6.45, 7) is 3.83. The summed E-state index contributed by atoms with van der Waals surface area (Å²) in [6, 6.07) is 2.87. The Bertz CT molecular complexity index is 462. The standard InChI is InChI=1S/C15H22F2N2O2/c1-3-5-15(2,10-20)19-14(21)18-6-4-11-7-12(16)9-13(17)8-11/h7-9,20H,3-6,10H2,1-2H3,(H2,18,19,21). The Balaban J connectivity index is 2.43. The molecule has 0 saturated carbocycles. The van der Waals surface area contributed by atoms with Gasteiger partial charge < -0.3 is 15.7 Å². The van der Waals surface area contributed by atoms with E-state index < -0.39 is 23.2 Å². The normalized spacial score (nSPS) is 13.6. The average molecular weight is 300 g/mol. The topological polar surface area (TPSA) is 61.4 Å². The summed E-state index contributed by atoms with van der Waals surface area (Å²) in [4.78, 5) is 11.7. The first-order valence-electron chi connectivity index (χ1n) is 7.00. The molecule has 2 amide bonds. The minimum Gasteiger partial charge on any atom is -0.394 e. The highest BCUT2D eigenvalue weighted by molar-refractivity contribution is 5.74. The van der Waals surface area contributed by atoms with Crippen molar-refractivity contribution < 1.29 is 18.7 Å². The van der Waals surface area contributed by atoms with Crippen LogP contribution in [-0.4, -0.2) is 29.8 Å². The summed E-state index contributed by atoms with van der Waals surface area (Å²) in [6.07, 6.45) is 1.82. The smallest absolute Gasteiger partial charge is 0.315 e. The number of rotatable bonds is 7. The third kappa shape index (κ3) is 6.08. The van der Waals surface area contributed by atoms with Crippen molar-refractivity contribution in [1.29, 1.82) is 0 Å². The van der Waals surface area contributed by atoms with Crippen LogP contribution in [-0.2, 0) is 6.42 Å². The van der Waals surface area contributed by atoms with Crippen LogP contribution in [0.4, 0.5) is 13.6 Å². The number of urea groups is 1. The van der Waals surface area contributed by atoms with E-state index in [9.17, 15) is 18.7 Å². The van der Waals surface area contributed by atoms with Gasteiger partial charge in [-0.15, -0.1) is 0 Å². The SMILES string of the molecule is CCCC(C)(CO)NC(=O)NCCc1cc(F)cc(F)c1. The van der Waals surface area contributed by atoms with Crippen LogP contribution in [0.1, 0.15) is 32.3 Å². The summed E-state index contributed by atoms with van der Waals surface area (Å²) in [5, 5.41) is 14.6. The number of hydrogen-bond donors (Lipinski definition) is 3. The van der Waals surface area contributed by atoms with Gasteiger partial charge in [0.25, 0.3) is 0 Å². The van der Waals surface area contributed by atoms with Gasteiger partial charge in [-0.2, -0.15) is 0 Å². The maximum absolute atomic E-state index is 13.0. The van der Waals surface area contributed by atoms with Crippen LogP contribution in [0.25, 0.3) is 0 Å². The number of amides is 2. The predicted molar refractivity (Wildman–Crippen MR) is 77.0 cm³/mol. The van der Waals surface area contributed by atoms with E-state index in [4.69, 9.17) is 0 Å². The van der Waals surface area contributed by atoms with Gasteiger partial charge in [0.2, 0.25) is 0 Å². The molecule has 0 radical (unpaired) electrons. The molecule has 1 aromatic carbocycles. The lowest BCUT2D eigenvalue weighted by atomic mass is 9.98. The van der Waals surface area contributed by atoms with E-state index in [-0.39, 0.29) is 13.2 Å². The Morgan fingerprint density at radius 3 is 2.43 bits per heavy atom. The molecular weight excluding hydrogens is 278 g/mol. The molecule has 0 aromatic heterocycles. The Labute approximate surface area is 123 Å². The number of benzene rings is 1. The summed E-state index contributed by atoms with van der Waals surface area (Å²) in [5.74, 6) is -1.27. The number of aliphatic hydroxyl groups excluding tert-OH is 1. The first kappa shape index (κ1) is 17.4. The lowest BCUT2D eigenvalue weighted by molar-refractivity contribution is 0.163. The van der Waals surface area contributed by atoms with E-state index in [1.165, 1.54) is 12.1 Å². The van der Waals surface area contributed by atoms with Crippen LogP contribution in [0.5, 0.6) is 0 Å². The minimum absolute atomic E-state index is 0.149. The molecule has 0 saturated heterocycles. The van der Waals surface area contributed by atoms with Crippen molar-refractivity contribution in [3.05, 3.63) is 35.4 Å². The Morgan fingerprint density at radius 1 is 1.29 bits per heavy atom. The highest BCUT2D eigenvalue weighted by Crippen LogP contribution is 2.11. The lowest BCUT2D eigenvalue weighted by Gasteiger charge is -2.28. The third-order valence-corrected chi connectivity index (χ3v) is 3.19. The second kappa shape index (κ2) is 7.93. The second-order valence-electron chi connectivity index (χ2n) is 5.38. The van der Waals surface area contributed by atoms with Gasteiger partial charge in [0, 0.05) is 12.6 Å². The lowest BCUT2D eigenvalue weighted by Crippen LogP contribution is -2.52. The van der Waals surface area contributed by atoms with Crippen LogP contribution < -0.4 is 10.6 Å². The quantitative estimate of drug-likeness (QED) is 0.724. The van der Waals surface area contributed by atoms with E-state index in [0.717, 1.165) is 12.5 Å². The molecule has 0 heterocycles. The Kier molecular flexibility index (Phi) is 6.55. The number of halogens is 2. The Morgan fingerprint density at radius 2 is 1.90 bits per heavy atom. The summed E-state index contributed by atoms with van der Waals surface area (Å²) >= 11 is 0. The molecular formula is C15H22F2N2O2. The van der Waals surface area contributed by atoms with Crippen molar-refractivity contribution in [3.8, 4) is 0 Å². The van der Waals surface area contributed by atoms with Gasteiger partial charge in [-0.25, -0.2) is 13.6 Å². The van der Waals surface area contributed by atoms with Gasteiger partial charge in [-0.05, 0) is 37.5 Å². The van der Waals surface area contributed by atoms with E-state index in [2.05, 4.69) is 10.6 Å². The van der Waals surface area contributed by atoms with Crippen molar-refractivity contribution in [2.24, 2.45) is 0 Å². The van der Waals surface area contributed by atoms with Gasteiger partial charge in [0.15, 0.2) is 0 Å². The molecule has 21 heavy (non-hydrogen) atoms. The number of carbonyl (C=O) groups is 1. The molecule has 0 fully saturated rings. The Hall–Kier alpha value is -1.69. The van der Waals surface area contributed by atoms with Gasteiger partial charge in [-0.3, -0.25) is 0 Å². The van der Waals surface area contributed by atoms with Crippen LogP contribution in [0.2, 0.25) is 0 Å². The van der Waals surface area contributed by atoms with Crippen LogP contribution in [0.15, 0.2) is 18.2 Å². The number of hydrogen-bond acceptors (Lipinski definition) is 2. The van der Waals surface area contributed by atoms with E-state index in [0.29, 0.717) is 18.4 Å². The van der Waals surface area contributed by atoms with Gasteiger partial charge in [0.1, 0.15) is 11.6 Å². The predicted octanol–water partition coefficient (Wildman–Crippen LogP) is 2.36. The molecule has 0 bridgehead atoms. The third-order valence-electron chi connectivity index (χ3n) is 3.19. The molecule has 118 valence electrons. The maximum atomic E-state index is 13.0. The van der Waals surface area contributed by atoms with Crippen molar-refractivity contribution in [2.45, 2.75) is 38.6 Å². The molecule has 0 aliphatic rings. The zero-order valence-corrected chi connectivity index (χ0v) is 12.4. The van der Waals surface area contributed by atoms with Crippen molar-refractivity contribution in [2.75, 3.05) is 13.2 Å². The number of nitrogens with one attached hydrogen (secondary N) is 2. The van der Waals surface area contributed by atoms with Crippen molar-refractivity contribution in [3.63, 3.8) is 0 Å². The highest BCUT2D eigenvalue weighted by Gasteiger charge is 2.24.